The fraction of sp³-hybridized carbons (Fsp3) is 0.917. The zero-order valence-corrected chi connectivity index (χ0v) is 10.3. The van der Waals surface area contributed by atoms with E-state index in [9.17, 15) is 25.2 Å². The highest BCUT2D eigenvalue weighted by molar-refractivity contribution is 5.87. The first-order valence-corrected chi connectivity index (χ1v) is 6.34. The SMILES string of the molecule is O=C1CCCCCC[C@]1(O)[C@H](O)[C@@H](O)[C@H](O)CO. The van der Waals surface area contributed by atoms with Crippen molar-refractivity contribution in [3.63, 3.8) is 0 Å². The lowest BCUT2D eigenvalue weighted by Gasteiger charge is -2.36. The molecule has 4 atom stereocenters. The van der Waals surface area contributed by atoms with Crippen LogP contribution in [0.1, 0.15) is 38.5 Å². The molecule has 0 aliphatic heterocycles. The van der Waals surface area contributed by atoms with Gasteiger partial charge in [0.1, 0.15) is 18.3 Å². The van der Waals surface area contributed by atoms with Gasteiger partial charge in [-0.3, -0.25) is 4.79 Å². The molecule has 6 nitrogen and oxygen atoms in total. The molecule has 1 aliphatic carbocycles. The molecule has 0 saturated heterocycles. The Balaban J connectivity index is 2.82. The van der Waals surface area contributed by atoms with Gasteiger partial charge in [-0.2, -0.15) is 0 Å². The second-order valence-corrected chi connectivity index (χ2v) is 4.95. The lowest BCUT2D eigenvalue weighted by molar-refractivity contribution is -0.177. The number of carbonyl (C=O) groups is 1. The van der Waals surface area contributed by atoms with Crippen LogP contribution in [0.25, 0.3) is 0 Å². The molecule has 0 radical (unpaired) electrons. The molecule has 0 amide bonds. The molecule has 106 valence electrons. The van der Waals surface area contributed by atoms with Gasteiger partial charge in [0.05, 0.1) is 6.61 Å². The second kappa shape index (κ2) is 6.58. The van der Waals surface area contributed by atoms with E-state index in [1.165, 1.54) is 0 Å². The summed E-state index contributed by atoms with van der Waals surface area (Å²) in [5.41, 5.74) is -2.03. The minimum Gasteiger partial charge on any atom is -0.394 e. The number of ketones is 1. The summed E-state index contributed by atoms with van der Waals surface area (Å²) in [4.78, 5) is 11.9. The van der Waals surface area contributed by atoms with Crippen LogP contribution in [0.5, 0.6) is 0 Å². The Morgan fingerprint density at radius 3 is 2.33 bits per heavy atom. The fourth-order valence-corrected chi connectivity index (χ4v) is 2.30. The van der Waals surface area contributed by atoms with Crippen molar-refractivity contribution in [2.75, 3.05) is 6.61 Å². The van der Waals surface area contributed by atoms with E-state index in [0.717, 1.165) is 12.8 Å². The molecular formula is C12H22O6. The van der Waals surface area contributed by atoms with Gasteiger partial charge >= 0.3 is 0 Å². The molecule has 0 spiro atoms. The van der Waals surface area contributed by atoms with E-state index in [-0.39, 0.29) is 12.8 Å². The molecule has 0 aromatic rings. The van der Waals surface area contributed by atoms with E-state index in [1.54, 1.807) is 0 Å². The Bertz CT molecular complexity index is 282. The van der Waals surface area contributed by atoms with E-state index < -0.39 is 36.3 Å². The quantitative estimate of drug-likeness (QED) is 0.430. The van der Waals surface area contributed by atoms with Gasteiger partial charge in [0, 0.05) is 6.42 Å². The molecule has 0 aromatic carbocycles. The van der Waals surface area contributed by atoms with Gasteiger partial charge in [-0.1, -0.05) is 19.3 Å². The van der Waals surface area contributed by atoms with E-state index in [4.69, 9.17) is 5.11 Å². The minimum atomic E-state index is -2.03. The van der Waals surface area contributed by atoms with Crippen molar-refractivity contribution in [1.29, 1.82) is 0 Å². The van der Waals surface area contributed by atoms with Crippen molar-refractivity contribution in [2.24, 2.45) is 0 Å². The third-order valence-corrected chi connectivity index (χ3v) is 3.59. The molecule has 5 N–H and O–H groups in total. The van der Waals surface area contributed by atoms with Crippen LogP contribution in [0.2, 0.25) is 0 Å². The number of aliphatic hydroxyl groups excluding tert-OH is 4. The topological polar surface area (TPSA) is 118 Å². The molecule has 18 heavy (non-hydrogen) atoms. The molecule has 1 rings (SSSR count). The van der Waals surface area contributed by atoms with Gasteiger partial charge in [0.2, 0.25) is 0 Å². The van der Waals surface area contributed by atoms with Gasteiger partial charge in [-0.05, 0) is 12.8 Å². The van der Waals surface area contributed by atoms with Crippen LogP contribution < -0.4 is 0 Å². The first-order chi connectivity index (χ1) is 8.43. The summed E-state index contributed by atoms with van der Waals surface area (Å²) >= 11 is 0. The molecule has 0 bridgehead atoms. The molecule has 0 heterocycles. The smallest absolute Gasteiger partial charge is 0.167 e. The monoisotopic (exact) mass is 262 g/mol. The lowest BCUT2D eigenvalue weighted by Crippen LogP contribution is -2.58. The molecule has 0 aromatic heterocycles. The number of aliphatic hydroxyl groups is 5. The zero-order valence-electron chi connectivity index (χ0n) is 10.3. The summed E-state index contributed by atoms with van der Waals surface area (Å²) < 4.78 is 0. The Morgan fingerprint density at radius 1 is 1.11 bits per heavy atom. The number of rotatable bonds is 4. The van der Waals surface area contributed by atoms with Crippen molar-refractivity contribution < 1.29 is 30.3 Å². The number of carbonyl (C=O) groups excluding carboxylic acids is 1. The summed E-state index contributed by atoms with van der Waals surface area (Å²) in [6, 6.07) is 0. The number of hydrogen-bond donors (Lipinski definition) is 5. The molecule has 1 aliphatic rings. The van der Waals surface area contributed by atoms with Crippen LogP contribution in [0.15, 0.2) is 0 Å². The third-order valence-electron chi connectivity index (χ3n) is 3.59. The van der Waals surface area contributed by atoms with Crippen LogP contribution in [0.4, 0.5) is 0 Å². The summed E-state index contributed by atoms with van der Waals surface area (Å²) in [6.07, 6.45) is -1.94. The van der Waals surface area contributed by atoms with Crippen LogP contribution in [0, 0.1) is 0 Å². The Kier molecular flexibility index (Phi) is 5.68. The normalized spacial score (nSPS) is 31.3. The van der Waals surface area contributed by atoms with Crippen molar-refractivity contribution in [1.82, 2.24) is 0 Å². The van der Waals surface area contributed by atoms with E-state index in [2.05, 4.69) is 0 Å². The van der Waals surface area contributed by atoms with E-state index in [1.807, 2.05) is 0 Å². The van der Waals surface area contributed by atoms with Crippen LogP contribution in [-0.2, 0) is 4.79 Å². The molecule has 1 fully saturated rings. The van der Waals surface area contributed by atoms with Gasteiger partial charge in [0.25, 0.3) is 0 Å². The van der Waals surface area contributed by atoms with E-state index in [0.29, 0.717) is 12.8 Å². The minimum absolute atomic E-state index is 0.0577. The fourth-order valence-electron chi connectivity index (χ4n) is 2.30. The maximum atomic E-state index is 11.9. The van der Waals surface area contributed by atoms with E-state index >= 15 is 0 Å². The molecule has 1 saturated carbocycles. The van der Waals surface area contributed by atoms with Crippen LogP contribution >= 0.6 is 0 Å². The Labute approximate surface area is 106 Å². The largest absolute Gasteiger partial charge is 0.394 e. The Hall–Kier alpha value is -0.530. The summed E-state index contributed by atoms with van der Waals surface area (Å²) in [7, 11) is 0. The summed E-state index contributed by atoms with van der Waals surface area (Å²) in [5.74, 6) is -0.515. The first-order valence-electron chi connectivity index (χ1n) is 6.34. The first kappa shape index (κ1) is 15.5. The highest BCUT2D eigenvalue weighted by Crippen LogP contribution is 2.28. The second-order valence-electron chi connectivity index (χ2n) is 4.95. The van der Waals surface area contributed by atoms with Crippen LogP contribution in [0.3, 0.4) is 0 Å². The highest BCUT2D eigenvalue weighted by Gasteiger charge is 2.47. The number of hydrogen-bond acceptors (Lipinski definition) is 6. The Morgan fingerprint density at radius 2 is 1.72 bits per heavy atom. The zero-order chi connectivity index (χ0) is 13.8. The predicted octanol–water partition coefficient (Wildman–Crippen LogP) is -1.28. The maximum Gasteiger partial charge on any atom is 0.167 e. The third kappa shape index (κ3) is 3.27. The standard InChI is InChI=1S/C12H22O6/c13-7-8(14)10(16)11(17)12(18)6-4-2-1-3-5-9(12)15/h8,10-11,13-14,16-18H,1-7H2/t8-,10+,11-,12-/m1/s1. The predicted molar refractivity (Wildman–Crippen MR) is 62.8 cm³/mol. The average molecular weight is 262 g/mol. The summed E-state index contributed by atoms with van der Waals surface area (Å²) in [5, 5.41) is 47.8. The van der Waals surface area contributed by atoms with Crippen molar-refractivity contribution >= 4 is 5.78 Å². The summed E-state index contributed by atoms with van der Waals surface area (Å²) in [6.45, 7) is -0.748. The van der Waals surface area contributed by atoms with Gasteiger partial charge in [-0.15, -0.1) is 0 Å². The van der Waals surface area contributed by atoms with Crippen molar-refractivity contribution in [3.8, 4) is 0 Å². The molecule has 6 heteroatoms. The lowest BCUT2D eigenvalue weighted by atomic mass is 9.79. The van der Waals surface area contributed by atoms with Gasteiger partial charge < -0.3 is 25.5 Å². The van der Waals surface area contributed by atoms with Crippen LogP contribution in [-0.4, -0.2) is 61.8 Å². The maximum absolute atomic E-state index is 11.9. The van der Waals surface area contributed by atoms with Crippen molar-refractivity contribution in [2.45, 2.75) is 62.4 Å². The molecular weight excluding hydrogens is 240 g/mol. The average Bonchev–Trinajstić information content (AvgIpc) is 2.37. The van der Waals surface area contributed by atoms with Gasteiger partial charge in [-0.25, -0.2) is 0 Å². The number of Topliss-reactive ketones (excluding diaryl/α,β-unsaturated/α-hetero) is 1. The van der Waals surface area contributed by atoms with Crippen molar-refractivity contribution in [3.05, 3.63) is 0 Å². The van der Waals surface area contributed by atoms with Gasteiger partial charge in [0.15, 0.2) is 11.4 Å². The molecule has 0 unspecified atom stereocenters. The highest BCUT2D eigenvalue weighted by atomic mass is 16.4.